The van der Waals surface area contributed by atoms with E-state index in [-0.39, 0.29) is 11.6 Å². The van der Waals surface area contributed by atoms with Crippen LogP contribution in [0.3, 0.4) is 0 Å². The summed E-state index contributed by atoms with van der Waals surface area (Å²) in [6.45, 7) is 1.29. The summed E-state index contributed by atoms with van der Waals surface area (Å²) in [5.74, 6) is -1.87. The van der Waals surface area contributed by atoms with Crippen LogP contribution < -0.4 is 10.6 Å². The van der Waals surface area contributed by atoms with Crippen molar-refractivity contribution in [2.24, 2.45) is 0 Å². The first-order chi connectivity index (χ1) is 14.4. The van der Waals surface area contributed by atoms with E-state index in [1.165, 1.54) is 25.1 Å². The molecule has 0 fully saturated rings. The molecule has 31 heavy (non-hydrogen) atoms. The summed E-state index contributed by atoms with van der Waals surface area (Å²) in [6, 6.07) is 7.90. The van der Waals surface area contributed by atoms with Gasteiger partial charge in [-0.3, -0.25) is 23.9 Å². The fourth-order valence-electron chi connectivity index (χ4n) is 2.35. The molecule has 0 radical (unpaired) electrons. The van der Waals surface area contributed by atoms with Crippen LogP contribution in [0.25, 0.3) is 0 Å². The van der Waals surface area contributed by atoms with Crippen LogP contribution in [-0.4, -0.2) is 36.4 Å². The topological polar surface area (TPSA) is 135 Å². The minimum absolute atomic E-state index is 0.249. The van der Waals surface area contributed by atoms with Crippen molar-refractivity contribution in [3.8, 4) is 0 Å². The lowest BCUT2D eigenvalue weighted by Crippen LogP contribution is -2.20. The van der Waals surface area contributed by atoms with Crippen LogP contribution in [0.2, 0.25) is 0 Å². The molecule has 2 unspecified atom stereocenters. The number of halogens is 3. The molecule has 0 heterocycles. The number of nitrogens with zero attached hydrogens (tertiary/aromatic N) is 1. The van der Waals surface area contributed by atoms with Gasteiger partial charge < -0.3 is 10.6 Å². The number of alkyl halides is 3. The quantitative estimate of drug-likeness (QED) is 0.465. The average molecular weight is 477 g/mol. The van der Waals surface area contributed by atoms with E-state index in [9.17, 15) is 41.3 Å². The van der Waals surface area contributed by atoms with Crippen LogP contribution in [0, 0.1) is 10.1 Å². The van der Waals surface area contributed by atoms with Crippen molar-refractivity contribution in [3.05, 3.63) is 52.6 Å². The molecular weight excluding hydrogens is 463 g/mol. The van der Waals surface area contributed by atoms with Crippen LogP contribution >= 0.6 is 0 Å². The molecule has 2 amide bonds. The zero-order chi connectivity index (χ0) is 23.3. The summed E-state index contributed by atoms with van der Waals surface area (Å²) in [5.41, 5.74) is -5.44. The molecule has 2 atom stereocenters. The Bertz CT molecular complexity index is 1090. The van der Waals surface area contributed by atoms with Crippen molar-refractivity contribution in [2.75, 3.05) is 16.4 Å². The molecule has 0 aromatic heterocycles. The van der Waals surface area contributed by atoms with Crippen molar-refractivity contribution < 1.29 is 36.1 Å². The number of hydrogen-bond donors (Lipinski definition) is 2. The second kappa shape index (κ2) is 9.78. The molecule has 0 saturated carbocycles. The molecule has 0 aliphatic carbocycles. The zero-order valence-electron chi connectivity index (χ0n) is 15.6. The Balaban J connectivity index is 2.19. The third-order valence-corrected chi connectivity index (χ3v) is 5.99. The van der Waals surface area contributed by atoms with E-state index in [1.54, 1.807) is 6.07 Å². The van der Waals surface area contributed by atoms with E-state index in [2.05, 4.69) is 10.6 Å². The molecule has 2 aromatic rings. The van der Waals surface area contributed by atoms with Gasteiger partial charge in [0, 0.05) is 24.4 Å². The summed E-state index contributed by atoms with van der Waals surface area (Å²) in [7, 11) is -5.79. The number of nitrogens with one attached hydrogen (secondary N) is 2. The second-order valence-electron chi connectivity index (χ2n) is 5.90. The number of rotatable bonds is 7. The smallest absolute Gasteiger partial charge is 0.326 e. The van der Waals surface area contributed by atoms with Gasteiger partial charge in [-0.1, -0.05) is 6.07 Å². The molecule has 2 rings (SSSR count). The van der Waals surface area contributed by atoms with E-state index < -0.39 is 59.2 Å². The molecule has 14 heteroatoms. The number of amides is 2. The number of hydrogen-bond acceptors (Lipinski definition) is 6. The first-order valence-corrected chi connectivity index (χ1v) is 10.7. The highest BCUT2D eigenvalue weighted by atomic mass is 32.2. The molecule has 2 aromatic carbocycles. The molecule has 0 saturated heterocycles. The fourth-order valence-corrected chi connectivity index (χ4v) is 4.08. The minimum Gasteiger partial charge on any atom is -0.326 e. The molecule has 0 bridgehead atoms. The van der Waals surface area contributed by atoms with Gasteiger partial charge in [-0.15, -0.1) is 0 Å². The summed E-state index contributed by atoms with van der Waals surface area (Å²) < 4.78 is 61.6. The maximum absolute atomic E-state index is 12.6. The lowest BCUT2D eigenvalue weighted by molar-refractivity contribution is -0.388. The fraction of sp³-hybridized carbons (Fsp3) is 0.176. The van der Waals surface area contributed by atoms with Gasteiger partial charge in [-0.2, -0.15) is 13.2 Å². The van der Waals surface area contributed by atoms with Gasteiger partial charge in [0.1, 0.15) is 10.6 Å². The van der Waals surface area contributed by atoms with Crippen molar-refractivity contribution in [1.29, 1.82) is 0 Å². The van der Waals surface area contributed by atoms with Gasteiger partial charge in [0.2, 0.25) is 11.8 Å². The van der Waals surface area contributed by atoms with Crippen molar-refractivity contribution >= 4 is 50.5 Å². The Morgan fingerprint density at radius 2 is 1.68 bits per heavy atom. The monoisotopic (exact) mass is 477 g/mol. The summed E-state index contributed by atoms with van der Waals surface area (Å²) >= 11 is 0. The summed E-state index contributed by atoms with van der Waals surface area (Å²) in [4.78, 5) is 32.0. The van der Waals surface area contributed by atoms with Crippen LogP contribution in [0.15, 0.2) is 52.3 Å². The van der Waals surface area contributed by atoms with E-state index in [0.717, 1.165) is 6.07 Å². The predicted octanol–water partition coefficient (Wildman–Crippen LogP) is 2.93. The zero-order valence-corrected chi connectivity index (χ0v) is 17.2. The lowest BCUT2D eigenvalue weighted by Gasteiger charge is -2.09. The number of anilines is 2. The number of carbonyl (C=O) groups is 2. The van der Waals surface area contributed by atoms with Crippen LogP contribution in [0.4, 0.5) is 30.2 Å². The van der Waals surface area contributed by atoms with Crippen LogP contribution in [-0.2, 0) is 31.2 Å². The number of carbonyl (C=O) groups excluding carboxylic acids is 2. The SMILES string of the molecule is CC(=O)Nc1cccc(NC(=O)CS(=O)c2ccc(S(=O)C(F)(F)F)cc2[N+](=O)[O-])c1. The Kier molecular flexibility index (Phi) is 7.62. The number of benzene rings is 2. The Morgan fingerprint density at radius 3 is 2.23 bits per heavy atom. The highest BCUT2D eigenvalue weighted by Crippen LogP contribution is 2.31. The van der Waals surface area contributed by atoms with Gasteiger partial charge in [0.25, 0.3) is 5.69 Å². The third kappa shape index (κ3) is 6.68. The highest BCUT2D eigenvalue weighted by molar-refractivity contribution is 7.86. The normalized spacial score (nSPS) is 13.2. The second-order valence-corrected chi connectivity index (χ2v) is 8.79. The van der Waals surface area contributed by atoms with Gasteiger partial charge in [-0.25, -0.2) is 4.21 Å². The van der Waals surface area contributed by atoms with Crippen molar-refractivity contribution in [1.82, 2.24) is 0 Å². The van der Waals surface area contributed by atoms with Gasteiger partial charge in [-0.05, 0) is 30.3 Å². The van der Waals surface area contributed by atoms with E-state index in [4.69, 9.17) is 0 Å². The highest BCUT2D eigenvalue weighted by Gasteiger charge is 2.39. The minimum atomic E-state index is -5.12. The Labute approximate surface area is 178 Å². The molecule has 0 aliphatic heterocycles. The molecule has 0 aliphatic rings. The molecular formula is C17H14F3N3O6S2. The van der Waals surface area contributed by atoms with E-state index in [0.29, 0.717) is 17.8 Å². The van der Waals surface area contributed by atoms with Crippen LogP contribution in [0.5, 0.6) is 0 Å². The average Bonchev–Trinajstić information content (AvgIpc) is 2.65. The third-order valence-electron chi connectivity index (χ3n) is 3.53. The molecule has 2 N–H and O–H groups in total. The van der Waals surface area contributed by atoms with Crippen molar-refractivity contribution in [3.63, 3.8) is 0 Å². The standard InChI is InChI=1S/C17H14F3N3O6S2/c1-10(24)21-11-3-2-4-12(7-11)22-16(25)9-30(28)15-6-5-13(8-14(15)23(26)27)31(29)17(18,19)20/h2-8H,9H2,1H3,(H,21,24)(H,22,25). The van der Waals surface area contributed by atoms with E-state index in [1.807, 2.05) is 0 Å². The molecule has 9 nitrogen and oxygen atoms in total. The lowest BCUT2D eigenvalue weighted by atomic mass is 10.2. The van der Waals surface area contributed by atoms with E-state index >= 15 is 0 Å². The van der Waals surface area contributed by atoms with Gasteiger partial charge in [0.05, 0.1) is 20.6 Å². The maximum atomic E-state index is 12.6. The Morgan fingerprint density at radius 1 is 1.06 bits per heavy atom. The summed E-state index contributed by atoms with van der Waals surface area (Å²) in [6.07, 6.45) is 0. The largest absolute Gasteiger partial charge is 0.475 e. The first-order valence-electron chi connectivity index (χ1n) is 8.21. The number of nitro benzene ring substituents is 1. The predicted molar refractivity (Wildman–Crippen MR) is 106 cm³/mol. The molecule has 166 valence electrons. The number of nitro groups is 1. The first kappa shape index (κ1) is 24.1. The summed E-state index contributed by atoms with van der Waals surface area (Å²) in [5, 5.41) is 16.1. The van der Waals surface area contributed by atoms with Crippen LogP contribution in [0.1, 0.15) is 6.92 Å². The van der Waals surface area contributed by atoms with Crippen molar-refractivity contribution in [2.45, 2.75) is 22.2 Å². The van der Waals surface area contributed by atoms with Gasteiger partial charge >= 0.3 is 5.51 Å². The molecule has 0 spiro atoms. The van der Waals surface area contributed by atoms with Gasteiger partial charge in [0.15, 0.2) is 10.8 Å². The maximum Gasteiger partial charge on any atom is 0.475 e. The Hall–Kier alpha value is -3.13.